The number of hydrogen-bond acceptors (Lipinski definition) is 9. The van der Waals surface area contributed by atoms with E-state index in [0.717, 1.165) is 48.1 Å². The van der Waals surface area contributed by atoms with E-state index in [1.807, 2.05) is 46.7 Å². The minimum Gasteiger partial charge on any atom is -0.351 e. The molecule has 1 aliphatic heterocycles. The monoisotopic (exact) mass is 521 g/mol. The molecule has 5 aromatic heterocycles. The van der Waals surface area contributed by atoms with Crippen LogP contribution < -0.4 is 10.2 Å². The summed E-state index contributed by atoms with van der Waals surface area (Å²) in [5.74, 6) is 1.94. The highest BCUT2D eigenvalue weighted by molar-refractivity contribution is 5.74. The van der Waals surface area contributed by atoms with Gasteiger partial charge in [0.15, 0.2) is 11.5 Å². The predicted molar refractivity (Wildman–Crippen MR) is 131 cm³/mol. The van der Waals surface area contributed by atoms with Crippen molar-refractivity contribution in [2.45, 2.75) is 31.9 Å². The zero-order valence-electron chi connectivity index (χ0n) is 20.2. The zero-order valence-corrected chi connectivity index (χ0v) is 20.2. The van der Waals surface area contributed by atoms with E-state index in [4.69, 9.17) is 0 Å². The number of piperidine rings is 1. The number of nitrogens with zero attached hydrogens (tertiary/aromatic N) is 10. The summed E-state index contributed by atoms with van der Waals surface area (Å²) in [7, 11) is 0. The van der Waals surface area contributed by atoms with Gasteiger partial charge < -0.3 is 10.2 Å². The van der Waals surface area contributed by atoms with Crippen LogP contribution in [0, 0.1) is 6.92 Å². The van der Waals surface area contributed by atoms with E-state index in [1.165, 1.54) is 6.33 Å². The minimum atomic E-state index is -4.45. The first-order chi connectivity index (χ1) is 18.4. The maximum absolute atomic E-state index is 12.8. The molecule has 14 heteroatoms. The molecule has 1 aliphatic rings. The molecular weight excluding hydrogens is 499 g/mol. The zero-order chi connectivity index (χ0) is 26.3. The molecule has 38 heavy (non-hydrogen) atoms. The van der Waals surface area contributed by atoms with Crippen LogP contribution >= 0.6 is 0 Å². The van der Waals surface area contributed by atoms with Crippen molar-refractivity contribution in [2.24, 2.45) is 0 Å². The average molecular weight is 522 g/mol. The van der Waals surface area contributed by atoms with Crippen molar-refractivity contribution in [3.8, 4) is 5.82 Å². The topological polar surface area (TPSA) is 115 Å². The van der Waals surface area contributed by atoms with Crippen molar-refractivity contribution >= 4 is 23.0 Å². The number of aryl methyl sites for hydroxylation is 1. The van der Waals surface area contributed by atoms with E-state index >= 15 is 0 Å². The summed E-state index contributed by atoms with van der Waals surface area (Å²) in [6.07, 6.45) is 3.67. The molecule has 0 amide bonds. The van der Waals surface area contributed by atoms with Gasteiger partial charge >= 0.3 is 6.18 Å². The molecule has 0 unspecified atom stereocenters. The van der Waals surface area contributed by atoms with Gasteiger partial charge in [0.05, 0.1) is 22.6 Å². The summed E-state index contributed by atoms with van der Waals surface area (Å²) in [6, 6.07) is 7.65. The SMILES string of the molecule is Cc1nc(-n2cncn2)ccc1Nc1cccn2c(C3CCN(c4ncc(C(F)(F)F)cn4)CC3)nnc12. The Kier molecular flexibility index (Phi) is 5.85. The van der Waals surface area contributed by atoms with Crippen LogP contribution in [0.2, 0.25) is 0 Å². The van der Waals surface area contributed by atoms with Gasteiger partial charge in [-0.3, -0.25) is 4.40 Å². The summed E-state index contributed by atoms with van der Waals surface area (Å²) in [5, 5.41) is 16.5. The quantitative estimate of drug-likeness (QED) is 0.367. The van der Waals surface area contributed by atoms with Gasteiger partial charge in [0.25, 0.3) is 0 Å². The van der Waals surface area contributed by atoms with Gasteiger partial charge in [-0.2, -0.15) is 18.3 Å². The van der Waals surface area contributed by atoms with Crippen LogP contribution in [-0.4, -0.2) is 57.4 Å². The smallest absolute Gasteiger partial charge is 0.351 e. The van der Waals surface area contributed by atoms with Crippen LogP contribution in [0.25, 0.3) is 11.5 Å². The number of alkyl halides is 3. The van der Waals surface area contributed by atoms with E-state index < -0.39 is 11.7 Å². The Morgan fingerprint density at radius 3 is 2.47 bits per heavy atom. The lowest BCUT2D eigenvalue weighted by Gasteiger charge is -2.31. The molecule has 6 heterocycles. The van der Waals surface area contributed by atoms with Crippen LogP contribution in [-0.2, 0) is 6.18 Å². The van der Waals surface area contributed by atoms with Crippen molar-refractivity contribution in [2.75, 3.05) is 23.3 Å². The van der Waals surface area contributed by atoms with Gasteiger partial charge in [0.2, 0.25) is 5.95 Å². The Hall–Kier alpha value is -4.62. The summed E-state index contributed by atoms with van der Waals surface area (Å²) in [6.45, 7) is 3.12. The standard InChI is InChI=1S/C24H22F3N11/c1-15-18(4-5-20(32-15)38-14-28-13-31-38)33-19-3-2-8-37-21(34-35-22(19)37)16-6-9-36(10-7-16)23-29-11-17(12-30-23)24(25,26)27/h2-5,8,11-14,16,33H,6-7,9-10H2,1H3. The van der Waals surface area contributed by atoms with Crippen molar-refractivity contribution in [1.82, 2.24) is 44.3 Å². The van der Waals surface area contributed by atoms with Crippen molar-refractivity contribution < 1.29 is 13.2 Å². The lowest BCUT2D eigenvalue weighted by atomic mass is 9.96. The van der Waals surface area contributed by atoms with E-state index in [2.05, 4.69) is 40.5 Å². The second-order valence-electron chi connectivity index (χ2n) is 8.97. The molecule has 0 aliphatic carbocycles. The summed E-state index contributed by atoms with van der Waals surface area (Å²) in [4.78, 5) is 18.3. The van der Waals surface area contributed by atoms with Crippen LogP contribution in [0.3, 0.4) is 0 Å². The molecule has 11 nitrogen and oxygen atoms in total. The summed E-state index contributed by atoms with van der Waals surface area (Å²) >= 11 is 0. The Labute approximate surface area is 214 Å². The third-order valence-electron chi connectivity index (χ3n) is 6.56. The number of rotatable bonds is 5. The minimum absolute atomic E-state index is 0.135. The Morgan fingerprint density at radius 2 is 1.79 bits per heavy atom. The first-order valence-electron chi connectivity index (χ1n) is 11.9. The molecule has 0 radical (unpaired) electrons. The molecule has 0 spiro atoms. The molecule has 0 saturated carbocycles. The van der Waals surface area contributed by atoms with Gasteiger partial charge in [-0.1, -0.05) is 0 Å². The number of anilines is 3. The second kappa shape index (κ2) is 9.36. The molecule has 194 valence electrons. The van der Waals surface area contributed by atoms with Crippen LogP contribution in [0.15, 0.2) is 55.5 Å². The highest BCUT2D eigenvalue weighted by atomic mass is 19.4. The highest BCUT2D eigenvalue weighted by Crippen LogP contribution is 2.32. The van der Waals surface area contributed by atoms with E-state index in [1.54, 1.807) is 11.0 Å². The van der Waals surface area contributed by atoms with Gasteiger partial charge in [-0.25, -0.2) is 24.6 Å². The van der Waals surface area contributed by atoms with Crippen LogP contribution in [0.5, 0.6) is 0 Å². The first-order valence-corrected chi connectivity index (χ1v) is 11.9. The first kappa shape index (κ1) is 23.8. The summed E-state index contributed by atoms with van der Waals surface area (Å²) < 4.78 is 42.0. The van der Waals surface area contributed by atoms with Crippen LogP contribution in [0.1, 0.15) is 35.8 Å². The second-order valence-corrected chi connectivity index (χ2v) is 8.97. The Morgan fingerprint density at radius 1 is 1.00 bits per heavy atom. The maximum atomic E-state index is 12.8. The normalized spacial score (nSPS) is 14.8. The van der Waals surface area contributed by atoms with Crippen LogP contribution in [0.4, 0.5) is 30.5 Å². The molecule has 0 bridgehead atoms. The predicted octanol–water partition coefficient (Wildman–Crippen LogP) is 3.95. The Balaban J connectivity index is 1.17. The lowest BCUT2D eigenvalue weighted by molar-refractivity contribution is -0.138. The van der Waals surface area contributed by atoms with Crippen molar-refractivity contribution in [1.29, 1.82) is 0 Å². The molecule has 6 rings (SSSR count). The fourth-order valence-corrected chi connectivity index (χ4v) is 4.56. The van der Waals surface area contributed by atoms with E-state index in [9.17, 15) is 13.2 Å². The average Bonchev–Trinajstić information content (AvgIpc) is 3.61. The third-order valence-corrected chi connectivity index (χ3v) is 6.56. The summed E-state index contributed by atoms with van der Waals surface area (Å²) in [5.41, 5.74) is 2.25. The number of halogens is 3. The van der Waals surface area contributed by atoms with Crippen molar-refractivity contribution in [3.63, 3.8) is 0 Å². The third kappa shape index (κ3) is 4.48. The fraction of sp³-hybridized carbons (Fsp3) is 0.292. The number of pyridine rings is 2. The van der Waals surface area contributed by atoms with E-state index in [0.29, 0.717) is 30.5 Å². The number of hydrogen-bond donors (Lipinski definition) is 1. The molecular formula is C24H22F3N11. The Bertz CT molecular complexity index is 1550. The molecule has 0 atom stereocenters. The van der Waals surface area contributed by atoms with Gasteiger partial charge in [0.1, 0.15) is 18.5 Å². The number of fused-ring (bicyclic) bond motifs is 1. The van der Waals surface area contributed by atoms with Crippen molar-refractivity contribution in [3.05, 3.63) is 72.6 Å². The molecule has 1 fully saturated rings. The number of aromatic nitrogens is 9. The molecule has 1 N–H and O–H groups in total. The lowest BCUT2D eigenvalue weighted by Crippen LogP contribution is -2.34. The van der Waals surface area contributed by atoms with E-state index in [-0.39, 0.29) is 5.92 Å². The van der Waals surface area contributed by atoms with Gasteiger partial charge in [-0.05, 0) is 44.0 Å². The van der Waals surface area contributed by atoms with Gasteiger partial charge in [0, 0.05) is 37.6 Å². The molecule has 0 aromatic carbocycles. The number of nitrogens with one attached hydrogen (secondary N) is 1. The highest BCUT2D eigenvalue weighted by Gasteiger charge is 2.32. The fourth-order valence-electron chi connectivity index (χ4n) is 4.56. The van der Waals surface area contributed by atoms with Gasteiger partial charge in [-0.15, -0.1) is 10.2 Å². The molecule has 1 saturated heterocycles. The molecule has 5 aromatic rings. The maximum Gasteiger partial charge on any atom is 0.419 e. The largest absolute Gasteiger partial charge is 0.419 e.